The molecule has 0 bridgehead atoms. The van der Waals surface area contributed by atoms with Crippen LogP contribution in [0.5, 0.6) is 0 Å². The zero-order chi connectivity index (χ0) is 17.9. The van der Waals surface area contributed by atoms with Gasteiger partial charge in [-0.2, -0.15) is 0 Å². The Kier molecular flexibility index (Phi) is 6.25. The van der Waals surface area contributed by atoms with Crippen LogP contribution in [0.4, 0.5) is 0 Å². The van der Waals surface area contributed by atoms with Crippen molar-refractivity contribution < 1.29 is 18.3 Å². The number of sulfonamides is 1. The van der Waals surface area contributed by atoms with Crippen LogP contribution in [0.1, 0.15) is 28.8 Å². The molecule has 1 atom stereocenters. The van der Waals surface area contributed by atoms with Crippen molar-refractivity contribution >= 4 is 27.6 Å². The Hall–Kier alpha value is -1.15. The van der Waals surface area contributed by atoms with E-state index in [9.17, 15) is 18.3 Å². The fourth-order valence-corrected chi connectivity index (χ4v) is 3.80. The summed E-state index contributed by atoms with van der Waals surface area (Å²) in [4.78, 5) is 13.5. The van der Waals surface area contributed by atoms with Crippen LogP contribution < -0.4 is 0 Å². The smallest absolute Gasteiger partial charge is 0.336 e. The average Bonchev–Trinajstić information content (AvgIpc) is 2.48. The Morgan fingerprint density at radius 1 is 1.46 bits per heavy atom. The van der Waals surface area contributed by atoms with Crippen LogP contribution in [-0.2, 0) is 16.6 Å². The van der Waals surface area contributed by atoms with Gasteiger partial charge in [0.05, 0.1) is 11.8 Å². The molecule has 0 radical (unpaired) electrons. The van der Waals surface area contributed by atoms with Crippen LogP contribution in [0.3, 0.4) is 0 Å². The van der Waals surface area contributed by atoms with Crippen LogP contribution in [-0.4, -0.2) is 61.6 Å². The minimum absolute atomic E-state index is 0.220. The zero-order valence-electron chi connectivity index (χ0n) is 13.9. The van der Waals surface area contributed by atoms with Crippen molar-refractivity contribution in [1.29, 1.82) is 0 Å². The van der Waals surface area contributed by atoms with E-state index in [4.69, 9.17) is 11.6 Å². The van der Waals surface area contributed by atoms with Crippen molar-refractivity contribution in [3.63, 3.8) is 0 Å². The Balaban J connectivity index is 2.08. The first-order valence-electron chi connectivity index (χ1n) is 7.83. The summed E-state index contributed by atoms with van der Waals surface area (Å²) in [7, 11) is -1.60. The number of halogens is 1. The SMILES string of the molecule is CN(CC1CCCN(Cc2c(Cl)cccc2C(=O)O)C1)S(C)(=O)=O. The number of carbonyl (C=O) groups is 1. The number of piperidine rings is 1. The highest BCUT2D eigenvalue weighted by atomic mass is 35.5. The van der Waals surface area contributed by atoms with Gasteiger partial charge >= 0.3 is 5.97 Å². The number of carboxylic acid groups (broad SMARTS) is 1. The molecular weight excluding hydrogens is 352 g/mol. The first-order chi connectivity index (χ1) is 11.2. The van der Waals surface area contributed by atoms with Gasteiger partial charge in [-0.1, -0.05) is 17.7 Å². The molecule has 1 aromatic rings. The lowest BCUT2D eigenvalue weighted by Gasteiger charge is -2.34. The molecule has 1 aromatic carbocycles. The van der Waals surface area contributed by atoms with Gasteiger partial charge in [0.15, 0.2) is 0 Å². The molecule has 0 spiro atoms. The number of benzene rings is 1. The largest absolute Gasteiger partial charge is 0.478 e. The van der Waals surface area contributed by atoms with Gasteiger partial charge in [-0.3, -0.25) is 4.90 Å². The fraction of sp³-hybridized carbons (Fsp3) is 0.562. The predicted octanol–water partition coefficient (Wildman–Crippen LogP) is 2.14. The molecule has 134 valence electrons. The number of aromatic carboxylic acids is 1. The molecule has 0 aliphatic carbocycles. The predicted molar refractivity (Wildman–Crippen MR) is 93.9 cm³/mol. The van der Waals surface area contributed by atoms with Gasteiger partial charge in [0, 0.05) is 31.7 Å². The maximum absolute atomic E-state index is 11.6. The molecule has 1 N–H and O–H groups in total. The van der Waals surface area contributed by atoms with Crippen molar-refractivity contribution in [3.8, 4) is 0 Å². The van der Waals surface area contributed by atoms with Crippen LogP contribution in [0.25, 0.3) is 0 Å². The van der Waals surface area contributed by atoms with Crippen LogP contribution >= 0.6 is 11.6 Å². The van der Waals surface area contributed by atoms with Crippen LogP contribution in [0.15, 0.2) is 18.2 Å². The van der Waals surface area contributed by atoms with E-state index in [0.717, 1.165) is 25.9 Å². The second kappa shape index (κ2) is 7.82. The number of hydrogen-bond acceptors (Lipinski definition) is 4. The van der Waals surface area contributed by atoms with E-state index in [-0.39, 0.29) is 11.5 Å². The number of carboxylic acids is 1. The number of rotatable bonds is 6. The lowest BCUT2D eigenvalue weighted by Crippen LogP contribution is -2.41. The molecule has 24 heavy (non-hydrogen) atoms. The first kappa shape index (κ1) is 19.2. The Labute approximate surface area is 148 Å². The average molecular weight is 375 g/mol. The normalized spacial score (nSPS) is 19.6. The summed E-state index contributed by atoms with van der Waals surface area (Å²) in [6.07, 6.45) is 3.12. The third-order valence-corrected chi connectivity index (χ3v) is 6.05. The Morgan fingerprint density at radius 3 is 2.79 bits per heavy atom. The summed E-state index contributed by atoms with van der Waals surface area (Å²) in [5.41, 5.74) is 0.835. The first-order valence-corrected chi connectivity index (χ1v) is 10.1. The lowest BCUT2D eigenvalue weighted by molar-refractivity contribution is 0.0693. The van der Waals surface area contributed by atoms with E-state index in [1.807, 2.05) is 0 Å². The highest BCUT2D eigenvalue weighted by Gasteiger charge is 2.25. The second-order valence-corrected chi connectivity index (χ2v) is 8.85. The van der Waals surface area contributed by atoms with E-state index in [1.165, 1.54) is 10.6 Å². The van der Waals surface area contributed by atoms with Gasteiger partial charge in [0.1, 0.15) is 0 Å². The van der Waals surface area contributed by atoms with Gasteiger partial charge in [0.2, 0.25) is 10.0 Å². The lowest BCUT2D eigenvalue weighted by atomic mass is 9.97. The monoisotopic (exact) mass is 374 g/mol. The molecule has 8 heteroatoms. The van der Waals surface area contributed by atoms with Gasteiger partial charge in [-0.15, -0.1) is 0 Å². The molecular formula is C16H23ClN2O4S. The van der Waals surface area contributed by atoms with Crippen LogP contribution in [0, 0.1) is 5.92 Å². The fourth-order valence-electron chi connectivity index (χ4n) is 3.09. The van der Waals surface area contributed by atoms with E-state index in [1.54, 1.807) is 25.2 Å². The van der Waals surface area contributed by atoms with E-state index >= 15 is 0 Å². The third kappa shape index (κ3) is 4.92. The summed E-state index contributed by atoms with van der Waals surface area (Å²) >= 11 is 6.20. The maximum atomic E-state index is 11.6. The standard InChI is InChI=1S/C16H23ClN2O4S/c1-18(24(2,22)23)9-12-5-4-8-19(10-12)11-14-13(16(20)21)6-3-7-15(14)17/h3,6-7,12H,4-5,8-11H2,1-2H3,(H,20,21). The maximum Gasteiger partial charge on any atom is 0.336 e. The van der Waals surface area contributed by atoms with E-state index in [2.05, 4.69) is 4.90 Å². The van der Waals surface area contributed by atoms with Crippen molar-refractivity contribution in [3.05, 3.63) is 34.3 Å². The topological polar surface area (TPSA) is 77.9 Å². The summed E-state index contributed by atoms with van der Waals surface area (Å²) in [5, 5.41) is 9.78. The van der Waals surface area contributed by atoms with Gasteiger partial charge in [-0.05, 0) is 43.0 Å². The number of nitrogens with zero attached hydrogens (tertiary/aromatic N) is 2. The van der Waals surface area contributed by atoms with Crippen molar-refractivity contribution in [2.24, 2.45) is 5.92 Å². The minimum atomic E-state index is -3.19. The quantitative estimate of drug-likeness (QED) is 0.825. The molecule has 0 aromatic heterocycles. The molecule has 1 saturated heterocycles. The molecule has 1 unspecified atom stereocenters. The van der Waals surface area contributed by atoms with Crippen molar-refractivity contribution in [2.75, 3.05) is 32.9 Å². The second-order valence-electron chi connectivity index (χ2n) is 6.36. The van der Waals surface area contributed by atoms with E-state index in [0.29, 0.717) is 23.7 Å². The van der Waals surface area contributed by atoms with Gasteiger partial charge in [-0.25, -0.2) is 17.5 Å². The minimum Gasteiger partial charge on any atom is -0.478 e. The Morgan fingerprint density at radius 2 is 2.17 bits per heavy atom. The molecule has 1 fully saturated rings. The molecule has 2 rings (SSSR count). The summed E-state index contributed by atoms with van der Waals surface area (Å²) < 4.78 is 24.5. The molecule has 1 aliphatic rings. The molecule has 0 saturated carbocycles. The summed E-state index contributed by atoms with van der Waals surface area (Å²) in [6.45, 7) is 2.51. The molecule has 6 nitrogen and oxygen atoms in total. The van der Waals surface area contributed by atoms with Crippen molar-refractivity contribution in [2.45, 2.75) is 19.4 Å². The van der Waals surface area contributed by atoms with Gasteiger partial charge < -0.3 is 5.11 Å². The van der Waals surface area contributed by atoms with E-state index < -0.39 is 16.0 Å². The van der Waals surface area contributed by atoms with Gasteiger partial charge in [0.25, 0.3) is 0 Å². The third-order valence-electron chi connectivity index (χ3n) is 4.42. The summed E-state index contributed by atoms with van der Waals surface area (Å²) in [5.74, 6) is -0.757. The number of likely N-dealkylation sites (tertiary alicyclic amines) is 1. The van der Waals surface area contributed by atoms with Crippen LogP contribution in [0.2, 0.25) is 5.02 Å². The summed E-state index contributed by atoms with van der Waals surface area (Å²) in [6, 6.07) is 4.89. The highest BCUT2D eigenvalue weighted by Crippen LogP contribution is 2.25. The van der Waals surface area contributed by atoms with Crippen molar-refractivity contribution in [1.82, 2.24) is 9.21 Å². The molecule has 1 aliphatic heterocycles. The molecule has 1 heterocycles. The Bertz CT molecular complexity index is 708. The number of hydrogen-bond donors (Lipinski definition) is 1. The highest BCUT2D eigenvalue weighted by molar-refractivity contribution is 7.88. The molecule has 0 amide bonds. The zero-order valence-corrected chi connectivity index (χ0v) is 15.5.